The normalized spacial score (nSPS) is 23.1. The average molecular weight is 542 g/mol. The van der Waals surface area contributed by atoms with Crippen LogP contribution in [0.5, 0.6) is 5.75 Å². The van der Waals surface area contributed by atoms with Crippen molar-refractivity contribution >= 4 is 34.9 Å². The average Bonchev–Trinajstić information content (AvgIpc) is 3.70. The maximum atomic E-state index is 14.7. The van der Waals surface area contributed by atoms with Gasteiger partial charge in [-0.05, 0) is 55.1 Å². The van der Waals surface area contributed by atoms with Crippen LogP contribution < -0.4 is 15.5 Å². The van der Waals surface area contributed by atoms with Crippen LogP contribution in [0.25, 0.3) is 0 Å². The van der Waals surface area contributed by atoms with Crippen molar-refractivity contribution < 1.29 is 13.9 Å². The zero-order valence-corrected chi connectivity index (χ0v) is 22.0. The van der Waals surface area contributed by atoms with E-state index >= 15 is 0 Å². The Bertz CT molecular complexity index is 1200. The summed E-state index contributed by atoms with van der Waals surface area (Å²) in [5.74, 6) is 8.00. The van der Waals surface area contributed by atoms with Gasteiger partial charge in [-0.2, -0.15) is 5.10 Å². The number of piperidine rings is 2. The molecule has 0 radical (unpaired) electrons. The Kier molecular flexibility index (Phi) is 8.06. The van der Waals surface area contributed by atoms with Crippen LogP contribution >= 0.6 is 11.6 Å². The zero-order chi connectivity index (χ0) is 26.6. The van der Waals surface area contributed by atoms with Crippen molar-refractivity contribution in [1.82, 2.24) is 14.9 Å². The number of nitrogens with two attached hydrogens (primary N) is 1. The predicted molar refractivity (Wildman–Crippen MR) is 144 cm³/mol. The quantitative estimate of drug-likeness (QED) is 0.388. The third-order valence-corrected chi connectivity index (χ3v) is 8.16. The molecule has 1 saturated carbocycles. The smallest absolute Gasteiger partial charge is 0.227 e. The summed E-state index contributed by atoms with van der Waals surface area (Å²) in [5.41, 5.74) is 1.06. The third kappa shape index (κ3) is 6.23. The van der Waals surface area contributed by atoms with Crippen molar-refractivity contribution in [2.75, 3.05) is 37.7 Å². The molecule has 3 fully saturated rings. The van der Waals surface area contributed by atoms with Gasteiger partial charge in [0.1, 0.15) is 17.3 Å². The van der Waals surface area contributed by atoms with Gasteiger partial charge in [-0.3, -0.25) is 4.79 Å². The number of amides is 1. The molecule has 0 bridgehead atoms. The molecule has 9 nitrogen and oxygen atoms in total. The Hall–Kier alpha value is -3.27. The number of carbonyl (C=O) groups excluding carboxylic acids is 1. The first kappa shape index (κ1) is 26.3. The van der Waals surface area contributed by atoms with Gasteiger partial charge in [0.2, 0.25) is 11.9 Å². The standard InChI is InChI=1S/C27H33ClFN7O2/c28-20-14-32-27(33-15-20)35-7-3-17(4-8-35)22-11-18(22)6-10-38-21-2-1-19(23(29)13-21)12-26(37)36-9-5-24(30)25(16-36)34-31/h1-2,13-15,17-18,22,30H,3-12,16,31H2/t18-,22-/m1/s1. The molecule has 1 amide bonds. The van der Waals surface area contributed by atoms with E-state index in [1.165, 1.54) is 12.5 Å². The number of rotatable bonds is 8. The molecular formula is C27H33ClFN7O2. The van der Waals surface area contributed by atoms with Crippen molar-refractivity contribution in [2.45, 2.75) is 38.5 Å². The first-order chi connectivity index (χ1) is 18.4. The first-order valence-corrected chi connectivity index (χ1v) is 13.5. The summed E-state index contributed by atoms with van der Waals surface area (Å²) in [6.07, 6.45) is 8.10. The largest absolute Gasteiger partial charge is 0.493 e. The minimum atomic E-state index is -0.450. The number of hydrazone groups is 1. The Balaban J connectivity index is 1.03. The lowest BCUT2D eigenvalue weighted by atomic mass is 9.90. The van der Waals surface area contributed by atoms with E-state index in [4.69, 9.17) is 27.6 Å². The molecule has 1 aromatic carbocycles. The summed E-state index contributed by atoms with van der Waals surface area (Å²) in [6, 6.07) is 4.70. The molecular weight excluding hydrogens is 509 g/mol. The van der Waals surface area contributed by atoms with E-state index in [1.807, 2.05) is 0 Å². The molecule has 2 saturated heterocycles. The summed E-state index contributed by atoms with van der Waals surface area (Å²) in [7, 11) is 0. The monoisotopic (exact) mass is 541 g/mol. The van der Waals surface area contributed by atoms with E-state index in [0.29, 0.717) is 53.2 Å². The maximum Gasteiger partial charge on any atom is 0.227 e. The fraction of sp³-hybridized carbons (Fsp3) is 0.519. The molecule has 1 aromatic heterocycles. The van der Waals surface area contributed by atoms with Gasteiger partial charge in [0.25, 0.3) is 0 Å². The molecule has 3 aliphatic rings. The molecule has 3 heterocycles. The Morgan fingerprint density at radius 1 is 1.24 bits per heavy atom. The van der Waals surface area contributed by atoms with E-state index in [2.05, 4.69) is 20.0 Å². The molecule has 0 spiro atoms. The van der Waals surface area contributed by atoms with Crippen LogP contribution in [0.4, 0.5) is 10.3 Å². The zero-order valence-electron chi connectivity index (χ0n) is 21.3. The number of carbonyl (C=O) groups is 1. The number of aromatic nitrogens is 2. The van der Waals surface area contributed by atoms with Gasteiger partial charge in [-0.15, -0.1) is 0 Å². The van der Waals surface area contributed by atoms with Crippen molar-refractivity contribution in [1.29, 1.82) is 5.41 Å². The number of nitrogens with one attached hydrogen (secondary N) is 1. The summed E-state index contributed by atoms with van der Waals surface area (Å²) in [5, 5.41) is 12.0. The van der Waals surface area contributed by atoms with Gasteiger partial charge in [0.15, 0.2) is 0 Å². The second-order valence-electron chi connectivity index (χ2n) is 10.4. The summed E-state index contributed by atoms with van der Waals surface area (Å²) in [4.78, 5) is 25.1. The Morgan fingerprint density at radius 2 is 2.00 bits per heavy atom. The summed E-state index contributed by atoms with van der Waals surface area (Å²) < 4.78 is 20.6. The van der Waals surface area contributed by atoms with Crippen molar-refractivity contribution in [3.05, 3.63) is 47.0 Å². The van der Waals surface area contributed by atoms with Gasteiger partial charge in [0, 0.05) is 32.1 Å². The molecule has 2 aromatic rings. The highest BCUT2D eigenvalue weighted by molar-refractivity contribution is 6.42. The number of halogens is 2. The van der Waals surface area contributed by atoms with E-state index in [1.54, 1.807) is 29.4 Å². The minimum absolute atomic E-state index is 0.0516. The number of likely N-dealkylation sites (tertiary alicyclic amines) is 1. The highest BCUT2D eigenvalue weighted by Crippen LogP contribution is 2.49. The lowest BCUT2D eigenvalue weighted by molar-refractivity contribution is -0.129. The number of benzene rings is 1. The number of anilines is 1. The number of nitrogens with zero attached hydrogens (tertiary/aromatic N) is 5. The van der Waals surface area contributed by atoms with Crippen LogP contribution in [-0.4, -0.2) is 65.0 Å². The van der Waals surface area contributed by atoms with Crippen LogP contribution in [0.3, 0.4) is 0 Å². The second kappa shape index (κ2) is 11.6. The number of ether oxygens (including phenoxy) is 1. The summed E-state index contributed by atoms with van der Waals surface area (Å²) in [6.45, 7) is 3.08. The van der Waals surface area contributed by atoms with Crippen LogP contribution in [0.15, 0.2) is 35.7 Å². The highest BCUT2D eigenvalue weighted by Gasteiger charge is 2.43. The van der Waals surface area contributed by atoms with Crippen molar-refractivity contribution in [3.63, 3.8) is 0 Å². The molecule has 202 valence electrons. The molecule has 3 N–H and O–H groups in total. The van der Waals surface area contributed by atoms with Crippen LogP contribution in [0.2, 0.25) is 5.02 Å². The number of hydrogen-bond donors (Lipinski definition) is 2. The SMILES string of the molecule is N=C1CCN(C(=O)Cc2ccc(OCC[C@@H]3C[C@@H]3C3CCN(c4ncc(Cl)cn4)CC3)cc2F)CC1=NN. The third-order valence-electron chi connectivity index (χ3n) is 7.96. The van der Waals surface area contributed by atoms with Gasteiger partial charge >= 0.3 is 0 Å². The first-order valence-electron chi connectivity index (χ1n) is 13.2. The van der Waals surface area contributed by atoms with Crippen LogP contribution in [0, 0.1) is 29.0 Å². The fourth-order valence-corrected chi connectivity index (χ4v) is 5.72. The molecule has 38 heavy (non-hydrogen) atoms. The molecule has 2 atom stereocenters. The van der Waals surface area contributed by atoms with E-state index < -0.39 is 5.82 Å². The van der Waals surface area contributed by atoms with Crippen molar-refractivity contribution in [3.8, 4) is 5.75 Å². The molecule has 11 heteroatoms. The lowest BCUT2D eigenvalue weighted by Crippen LogP contribution is -2.45. The highest BCUT2D eigenvalue weighted by atomic mass is 35.5. The fourth-order valence-electron chi connectivity index (χ4n) is 5.62. The van der Waals surface area contributed by atoms with E-state index in [-0.39, 0.29) is 18.9 Å². The van der Waals surface area contributed by atoms with E-state index in [9.17, 15) is 9.18 Å². The van der Waals surface area contributed by atoms with Crippen LogP contribution in [0.1, 0.15) is 37.7 Å². The van der Waals surface area contributed by atoms with E-state index in [0.717, 1.165) is 50.1 Å². The van der Waals surface area contributed by atoms with Gasteiger partial charge in [-0.1, -0.05) is 17.7 Å². The molecule has 5 rings (SSSR count). The number of hydrogen-bond acceptors (Lipinski definition) is 8. The molecule has 2 aliphatic heterocycles. The van der Waals surface area contributed by atoms with Gasteiger partial charge in [0.05, 0.1) is 42.7 Å². The van der Waals surface area contributed by atoms with Crippen molar-refractivity contribution in [2.24, 2.45) is 28.7 Å². The van der Waals surface area contributed by atoms with Crippen LogP contribution in [-0.2, 0) is 11.2 Å². The maximum absolute atomic E-state index is 14.7. The minimum Gasteiger partial charge on any atom is -0.493 e. The molecule has 0 unspecified atom stereocenters. The Morgan fingerprint density at radius 3 is 2.71 bits per heavy atom. The predicted octanol–water partition coefficient (Wildman–Crippen LogP) is 3.70. The molecule has 1 aliphatic carbocycles. The van der Waals surface area contributed by atoms with Gasteiger partial charge in [-0.25, -0.2) is 14.4 Å². The Labute approximate surface area is 226 Å². The summed E-state index contributed by atoms with van der Waals surface area (Å²) >= 11 is 5.89. The topological polar surface area (TPSA) is 121 Å². The second-order valence-corrected chi connectivity index (χ2v) is 10.8. The van der Waals surface area contributed by atoms with Gasteiger partial charge < -0.3 is 25.8 Å². The lowest BCUT2D eigenvalue weighted by Gasteiger charge is -2.32.